The van der Waals surface area contributed by atoms with Crippen molar-refractivity contribution >= 4 is 5.91 Å². The van der Waals surface area contributed by atoms with Gasteiger partial charge in [-0.2, -0.15) is 26.3 Å². The Morgan fingerprint density at radius 3 is 2.15 bits per heavy atom. The van der Waals surface area contributed by atoms with Crippen molar-refractivity contribution in [3.05, 3.63) is 70.8 Å². The molecule has 2 unspecified atom stereocenters. The summed E-state index contributed by atoms with van der Waals surface area (Å²) in [6.45, 7) is -0.610. The molecule has 2 atom stereocenters. The number of alkyl halides is 6. The van der Waals surface area contributed by atoms with Crippen LogP contribution in [0.15, 0.2) is 48.5 Å². The lowest BCUT2D eigenvalue weighted by Gasteiger charge is -2.45. The maximum atomic E-state index is 13.2. The van der Waals surface area contributed by atoms with Gasteiger partial charge < -0.3 is 10.5 Å². The molecule has 33 heavy (non-hydrogen) atoms. The van der Waals surface area contributed by atoms with Crippen LogP contribution in [0.25, 0.3) is 0 Å². The minimum absolute atomic E-state index is 0.0901. The van der Waals surface area contributed by atoms with Crippen LogP contribution in [0, 0.1) is 0 Å². The summed E-state index contributed by atoms with van der Waals surface area (Å²) in [5.41, 5.74) is 2.25. The SMILES string of the molecule is NC(=O)CNC1(c2ccccc2)CCCCC1OCc1cc(C(F)(F)F)cc(C(F)(F)F)c1. The number of amides is 1. The van der Waals surface area contributed by atoms with Crippen molar-refractivity contribution in [1.82, 2.24) is 5.32 Å². The largest absolute Gasteiger partial charge is 0.416 e. The molecule has 0 bridgehead atoms. The quantitative estimate of drug-likeness (QED) is 0.546. The van der Waals surface area contributed by atoms with Crippen molar-refractivity contribution in [3.63, 3.8) is 0 Å². The molecule has 3 N–H and O–H groups in total. The van der Waals surface area contributed by atoms with Crippen molar-refractivity contribution in [2.45, 2.75) is 56.3 Å². The molecular weight excluding hydrogens is 450 g/mol. The maximum Gasteiger partial charge on any atom is 0.416 e. The molecular formula is C23H24F6N2O2. The van der Waals surface area contributed by atoms with Crippen LogP contribution in [0.3, 0.4) is 0 Å². The van der Waals surface area contributed by atoms with E-state index in [0.29, 0.717) is 25.0 Å². The van der Waals surface area contributed by atoms with Crippen LogP contribution in [-0.4, -0.2) is 18.6 Å². The van der Waals surface area contributed by atoms with Gasteiger partial charge >= 0.3 is 12.4 Å². The van der Waals surface area contributed by atoms with E-state index >= 15 is 0 Å². The molecule has 1 fully saturated rings. The molecule has 3 rings (SSSR count). The molecule has 1 aliphatic carbocycles. The number of halogens is 6. The Balaban J connectivity index is 1.93. The number of ether oxygens (including phenoxy) is 1. The molecule has 2 aromatic carbocycles. The first-order chi connectivity index (χ1) is 15.4. The monoisotopic (exact) mass is 474 g/mol. The molecule has 0 saturated heterocycles. The first kappa shape index (κ1) is 25.0. The summed E-state index contributed by atoms with van der Waals surface area (Å²) in [7, 11) is 0. The van der Waals surface area contributed by atoms with Gasteiger partial charge in [-0.25, -0.2) is 0 Å². The minimum Gasteiger partial charge on any atom is -0.371 e. The van der Waals surface area contributed by atoms with E-state index in [1.54, 1.807) is 12.1 Å². The van der Waals surface area contributed by atoms with Gasteiger partial charge in [0.05, 0.1) is 35.9 Å². The Kier molecular flexibility index (Phi) is 7.38. The van der Waals surface area contributed by atoms with E-state index in [2.05, 4.69) is 5.32 Å². The Morgan fingerprint density at radius 2 is 1.61 bits per heavy atom. The molecule has 0 spiro atoms. The van der Waals surface area contributed by atoms with Crippen LogP contribution in [0.1, 0.15) is 47.9 Å². The third-order valence-corrected chi connectivity index (χ3v) is 5.80. The number of hydrogen-bond acceptors (Lipinski definition) is 3. The van der Waals surface area contributed by atoms with Crippen molar-refractivity contribution in [1.29, 1.82) is 0 Å². The van der Waals surface area contributed by atoms with Gasteiger partial charge in [0.1, 0.15) is 0 Å². The van der Waals surface area contributed by atoms with Crippen molar-refractivity contribution in [2.24, 2.45) is 5.73 Å². The first-order valence-corrected chi connectivity index (χ1v) is 10.4. The second-order valence-electron chi connectivity index (χ2n) is 8.12. The zero-order valence-electron chi connectivity index (χ0n) is 17.6. The van der Waals surface area contributed by atoms with E-state index in [1.807, 2.05) is 18.2 Å². The molecule has 1 aliphatic rings. The van der Waals surface area contributed by atoms with E-state index in [0.717, 1.165) is 18.4 Å². The number of nitrogens with two attached hydrogens (primary N) is 1. The summed E-state index contributed by atoms with van der Waals surface area (Å²) in [6.07, 6.45) is -7.85. The lowest BCUT2D eigenvalue weighted by Crippen LogP contribution is -2.56. The predicted molar refractivity (Wildman–Crippen MR) is 109 cm³/mol. The second-order valence-corrected chi connectivity index (χ2v) is 8.12. The highest BCUT2D eigenvalue weighted by molar-refractivity contribution is 5.76. The maximum absolute atomic E-state index is 13.2. The van der Waals surface area contributed by atoms with Crippen LogP contribution < -0.4 is 11.1 Å². The summed E-state index contributed by atoms with van der Waals surface area (Å²) in [4.78, 5) is 11.5. The molecule has 0 radical (unpaired) electrons. The fourth-order valence-electron chi connectivity index (χ4n) is 4.28. The van der Waals surface area contributed by atoms with Crippen molar-refractivity contribution < 1.29 is 35.9 Å². The van der Waals surface area contributed by atoms with Gasteiger partial charge in [0, 0.05) is 0 Å². The number of nitrogens with one attached hydrogen (secondary N) is 1. The topological polar surface area (TPSA) is 64.4 Å². The smallest absolute Gasteiger partial charge is 0.371 e. The average molecular weight is 474 g/mol. The summed E-state index contributed by atoms with van der Waals surface area (Å²) in [6, 6.07) is 10.5. The molecule has 1 saturated carbocycles. The van der Waals surface area contributed by atoms with Crippen LogP contribution in [-0.2, 0) is 34.0 Å². The highest BCUT2D eigenvalue weighted by Crippen LogP contribution is 2.40. The summed E-state index contributed by atoms with van der Waals surface area (Å²) in [5.74, 6) is -0.595. The number of carbonyl (C=O) groups excluding carboxylic acids is 1. The van der Waals surface area contributed by atoms with E-state index in [1.165, 1.54) is 0 Å². The molecule has 10 heteroatoms. The van der Waals surface area contributed by atoms with Crippen molar-refractivity contribution in [2.75, 3.05) is 6.54 Å². The lowest BCUT2D eigenvalue weighted by atomic mass is 9.74. The highest BCUT2D eigenvalue weighted by Gasteiger charge is 2.43. The molecule has 4 nitrogen and oxygen atoms in total. The third kappa shape index (κ3) is 6.05. The minimum atomic E-state index is -4.93. The summed E-state index contributed by atoms with van der Waals surface area (Å²) < 4.78 is 85.1. The van der Waals surface area contributed by atoms with Crippen LogP contribution in [0.4, 0.5) is 26.3 Å². The van der Waals surface area contributed by atoms with Crippen LogP contribution >= 0.6 is 0 Å². The molecule has 0 aromatic heterocycles. The van der Waals surface area contributed by atoms with Gasteiger partial charge in [0.15, 0.2) is 0 Å². The fourth-order valence-corrected chi connectivity index (χ4v) is 4.28. The molecule has 1 amide bonds. The molecule has 2 aromatic rings. The van der Waals surface area contributed by atoms with Gasteiger partial charge in [-0.15, -0.1) is 0 Å². The molecule has 0 aliphatic heterocycles. The summed E-state index contributed by atoms with van der Waals surface area (Å²) >= 11 is 0. The van der Waals surface area contributed by atoms with Gasteiger partial charge in [-0.1, -0.05) is 43.2 Å². The zero-order chi connectivity index (χ0) is 24.3. The van der Waals surface area contributed by atoms with E-state index < -0.39 is 47.6 Å². The highest BCUT2D eigenvalue weighted by atomic mass is 19.4. The zero-order valence-corrected chi connectivity index (χ0v) is 17.6. The van der Waals surface area contributed by atoms with E-state index in [4.69, 9.17) is 10.5 Å². The second kappa shape index (κ2) is 9.72. The number of primary amides is 1. The normalized spacial score (nSPS) is 21.7. The number of benzene rings is 2. The first-order valence-electron chi connectivity index (χ1n) is 10.4. The Hall–Kier alpha value is -2.59. The van der Waals surface area contributed by atoms with Crippen LogP contribution in [0.5, 0.6) is 0 Å². The van der Waals surface area contributed by atoms with E-state index in [-0.39, 0.29) is 18.2 Å². The fraction of sp³-hybridized carbons (Fsp3) is 0.435. The van der Waals surface area contributed by atoms with Gasteiger partial charge in [-0.05, 0) is 42.2 Å². The third-order valence-electron chi connectivity index (χ3n) is 5.80. The molecule has 0 heterocycles. The van der Waals surface area contributed by atoms with Crippen molar-refractivity contribution in [3.8, 4) is 0 Å². The van der Waals surface area contributed by atoms with E-state index in [9.17, 15) is 31.1 Å². The predicted octanol–water partition coefficient (Wildman–Crippen LogP) is 5.15. The van der Waals surface area contributed by atoms with Gasteiger partial charge in [0.2, 0.25) is 5.91 Å². The Bertz CT molecular complexity index is 929. The Morgan fingerprint density at radius 1 is 1.00 bits per heavy atom. The van der Waals surface area contributed by atoms with Crippen LogP contribution in [0.2, 0.25) is 0 Å². The summed E-state index contributed by atoms with van der Waals surface area (Å²) in [5, 5.41) is 3.15. The Labute approximate surface area is 187 Å². The number of rotatable bonds is 7. The van der Waals surface area contributed by atoms with Gasteiger partial charge in [-0.3, -0.25) is 10.1 Å². The standard InChI is InChI=1S/C23H24F6N2O2/c24-22(25,26)17-10-15(11-18(12-17)23(27,28)29)14-33-19-8-4-5-9-21(19,31-13-20(30)32)16-6-2-1-3-7-16/h1-3,6-7,10-12,19,31H,4-5,8-9,13-14H2,(H2,30,32). The molecule has 180 valence electrons. The average Bonchev–Trinajstić information content (AvgIpc) is 2.76. The number of hydrogen-bond donors (Lipinski definition) is 2. The lowest BCUT2D eigenvalue weighted by molar-refractivity contribution is -0.143. The van der Waals surface area contributed by atoms with Gasteiger partial charge in [0.25, 0.3) is 0 Å². The number of carbonyl (C=O) groups is 1.